The van der Waals surface area contributed by atoms with Crippen LogP contribution >= 0.6 is 11.6 Å². The number of nitrogens with zero attached hydrogens (tertiary/aromatic N) is 2. The highest BCUT2D eigenvalue weighted by molar-refractivity contribution is 6.53. The highest BCUT2D eigenvalue weighted by atomic mass is 35.5. The fraction of sp³-hybridized carbons (Fsp3) is 0.565. The Hall–Kier alpha value is -1.65. The molecular weight excluding hydrogens is 416 g/mol. The fourth-order valence-corrected chi connectivity index (χ4v) is 4.38. The van der Waals surface area contributed by atoms with Gasteiger partial charge in [0.25, 0.3) is 11.7 Å². The number of fused-ring (bicyclic) bond motifs is 1. The normalized spacial score (nSPS) is 14.9. The number of Topliss-reactive ketones (excluding diaryl/α,β-unsaturated/α-hetero) is 1. The molecular formula is C23H32ClN2O3Si. The zero-order valence-corrected chi connectivity index (χ0v) is 20.8. The van der Waals surface area contributed by atoms with Crippen molar-refractivity contribution < 1.29 is 14.0 Å². The molecule has 1 aliphatic rings. The molecule has 2 rings (SSSR count). The van der Waals surface area contributed by atoms with E-state index in [0.29, 0.717) is 34.9 Å². The molecule has 0 aliphatic carbocycles. The summed E-state index contributed by atoms with van der Waals surface area (Å²) in [5, 5.41) is 0.456. The number of benzene rings is 1. The first-order valence-electron chi connectivity index (χ1n) is 10.4. The number of hydrogen-bond donors (Lipinski definition) is 0. The summed E-state index contributed by atoms with van der Waals surface area (Å²) in [4.78, 5) is 29.2. The molecule has 0 aromatic heterocycles. The number of anilines is 1. The summed E-state index contributed by atoms with van der Waals surface area (Å²) >= 11 is 6.34. The first kappa shape index (κ1) is 24.6. The van der Waals surface area contributed by atoms with Crippen LogP contribution in [0.15, 0.2) is 12.1 Å². The van der Waals surface area contributed by atoms with Gasteiger partial charge in [0.2, 0.25) is 9.04 Å². The monoisotopic (exact) mass is 447 g/mol. The second-order valence-corrected chi connectivity index (χ2v) is 11.2. The van der Waals surface area contributed by atoms with Crippen molar-refractivity contribution in [3.63, 3.8) is 0 Å². The van der Waals surface area contributed by atoms with Gasteiger partial charge in [-0.15, -0.1) is 0 Å². The molecule has 1 unspecified atom stereocenters. The Labute approximate surface area is 187 Å². The predicted molar refractivity (Wildman–Crippen MR) is 125 cm³/mol. The van der Waals surface area contributed by atoms with Crippen molar-refractivity contribution >= 4 is 38.0 Å². The van der Waals surface area contributed by atoms with Crippen molar-refractivity contribution in [1.29, 1.82) is 0 Å². The summed E-state index contributed by atoms with van der Waals surface area (Å²) in [6.45, 7) is 17.4. The van der Waals surface area contributed by atoms with Crippen LogP contribution < -0.4 is 4.90 Å². The second kappa shape index (κ2) is 10.1. The van der Waals surface area contributed by atoms with Crippen LogP contribution in [0.3, 0.4) is 0 Å². The summed E-state index contributed by atoms with van der Waals surface area (Å²) in [5.74, 6) is 5.26. The summed E-state index contributed by atoms with van der Waals surface area (Å²) in [7, 11) is -0.949. The van der Waals surface area contributed by atoms with E-state index in [-0.39, 0.29) is 11.5 Å². The Morgan fingerprint density at radius 1 is 1.20 bits per heavy atom. The van der Waals surface area contributed by atoms with E-state index >= 15 is 0 Å². The van der Waals surface area contributed by atoms with Gasteiger partial charge in [0.15, 0.2) is 0 Å². The van der Waals surface area contributed by atoms with Gasteiger partial charge in [-0.05, 0) is 43.7 Å². The maximum absolute atomic E-state index is 12.8. The van der Waals surface area contributed by atoms with Crippen molar-refractivity contribution in [3.05, 3.63) is 28.3 Å². The molecule has 0 saturated heterocycles. The van der Waals surface area contributed by atoms with Gasteiger partial charge in [-0.25, -0.2) is 0 Å². The summed E-state index contributed by atoms with van der Waals surface area (Å²) in [5.41, 5.74) is 1.22. The van der Waals surface area contributed by atoms with Crippen molar-refractivity contribution in [3.8, 4) is 11.8 Å². The van der Waals surface area contributed by atoms with Crippen LogP contribution in [-0.4, -0.2) is 57.9 Å². The average Bonchev–Trinajstić information content (AvgIpc) is 2.89. The highest BCUT2D eigenvalue weighted by Crippen LogP contribution is 2.34. The van der Waals surface area contributed by atoms with Gasteiger partial charge in [0.1, 0.15) is 6.10 Å². The molecule has 30 heavy (non-hydrogen) atoms. The van der Waals surface area contributed by atoms with E-state index in [1.165, 1.54) is 4.90 Å². The van der Waals surface area contributed by atoms with Gasteiger partial charge < -0.3 is 14.2 Å². The Morgan fingerprint density at radius 2 is 1.83 bits per heavy atom. The van der Waals surface area contributed by atoms with Crippen LogP contribution in [-0.2, 0) is 9.22 Å². The zero-order chi connectivity index (χ0) is 22.6. The van der Waals surface area contributed by atoms with Gasteiger partial charge in [0.05, 0.1) is 11.3 Å². The number of halogens is 1. The highest BCUT2D eigenvalue weighted by Gasteiger charge is 2.38. The minimum absolute atomic E-state index is 0.174. The molecule has 163 valence electrons. The van der Waals surface area contributed by atoms with Gasteiger partial charge in [-0.3, -0.25) is 9.59 Å². The smallest absolute Gasteiger partial charge is 0.299 e. The standard InChI is InChI=1S/C23H32ClN2O3Si/c1-8-25(9-2)12-13-26-18-15-17(24)14-16(20(18)21(27)22(26)28)10-11-19(23(3,4)5)29-30(6)7/h14-15,19H,8-9,12-13H2,1-7H3. The number of ketones is 1. The van der Waals surface area contributed by atoms with E-state index < -0.39 is 20.7 Å². The van der Waals surface area contributed by atoms with Gasteiger partial charge >= 0.3 is 0 Å². The maximum Gasteiger partial charge on any atom is 0.299 e. The molecule has 0 bridgehead atoms. The number of rotatable bonds is 7. The fourth-order valence-electron chi connectivity index (χ4n) is 3.29. The van der Waals surface area contributed by atoms with E-state index in [1.807, 2.05) is 0 Å². The molecule has 0 spiro atoms. The number of likely N-dealkylation sites (N-methyl/N-ethyl adjacent to an activating group) is 1. The SMILES string of the molecule is CCN(CC)CCN1C(=O)C(=O)c2c(C#CC(O[Si](C)C)C(C)(C)C)cc(Cl)cc21. The van der Waals surface area contributed by atoms with Crippen LogP contribution in [0.2, 0.25) is 18.1 Å². The number of amides is 1. The third-order valence-electron chi connectivity index (χ3n) is 5.05. The second-order valence-electron chi connectivity index (χ2n) is 8.70. The molecule has 7 heteroatoms. The average molecular weight is 448 g/mol. The summed E-state index contributed by atoms with van der Waals surface area (Å²) in [6, 6.07) is 3.35. The van der Waals surface area contributed by atoms with Crippen molar-refractivity contribution in [2.24, 2.45) is 5.41 Å². The van der Waals surface area contributed by atoms with Gasteiger partial charge in [0, 0.05) is 23.7 Å². The molecule has 1 heterocycles. The Balaban J connectivity index is 2.44. The lowest BCUT2D eigenvalue weighted by Gasteiger charge is -2.28. The quantitative estimate of drug-likeness (QED) is 0.356. The summed E-state index contributed by atoms with van der Waals surface area (Å²) < 4.78 is 6.07. The molecule has 1 aliphatic heterocycles. The van der Waals surface area contributed by atoms with Crippen LogP contribution in [0.5, 0.6) is 0 Å². The minimum atomic E-state index is -0.949. The number of hydrogen-bond acceptors (Lipinski definition) is 4. The van der Waals surface area contributed by atoms with E-state index in [0.717, 1.165) is 13.1 Å². The Bertz CT molecular complexity index is 864. The lowest BCUT2D eigenvalue weighted by molar-refractivity contribution is -0.114. The largest absolute Gasteiger partial charge is 0.403 e. The van der Waals surface area contributed by atoms with Crippen molar-refractivity contribution in [2.45, 2.75) is 53.8 Å². The lowest BCUT2D eigenvalue weighted by atomic mass is 9.89. The molecule has 1 radical (unpaired) electrons. The van der Waals surface area contributed by atoms with E-state index in [1.54, 1.807) is 12.1 Å². The van der Waals surface area contributed by atoms with Gasteiger partial charge in [-0.1, -0.05) is 58.1 Å². The molecule has 1 aromatic carbocycles. The third-order valence-corrected chi connectivity index (χ3v) is 5.98. The number of carbonyl (C=O) groups excluding carboxylic acids is 2. The summed E-state index contributed by atoms with van der Waals surface area (Å²) in [6.07, 6.45) is -0.276. The molecule has 1 atom stereocenters. The number of carbonyl (C=O) groups is 2. The zero-order valence-electron chi connectivity index (χ0n) is 19.1. The van der Waals surface area contributed by atoms with Crippen molar-refractivity contribution in [2.75, 3.05) is 31.1 Å². The van der Waals surface area contributed by atoms with E-state index in [4.69, 9.17) is 16.0 Å². The van der Waals surface area contributed by atoms with Crippen molar-refractivity contribution in [1.82, 2.24) is 4.90 Å². The van der Waals surface area contributed by atoms with Crippen LogP contribution in [0.1, 0.15) is 50.5 Å². The van der Waals surface area contributed by atoms with Gasteiger partial charge in [-0.2, -0.15) is 0 Å². The Kier molecular flexibility index (Phi) is 8.29. The molecule has 1 amide bonds. The minimum Gasteiger partial charge on any atom is -0.403 e. The van der Waals surface area contributed by atoms with Crippen LogP contribution in [0.4, 0.5) is 5.69 Å². The molecule has 1 aromatic rings. The van der Waals surface area contributed by atoms with Crippen LogP contribution in [0, 0.1) is 17.3 Å². The molecule has 0 fully saturated rings. The first-order chi connectivity index (χ1) is 14.0. The van der Waals surface area contributed by atoms with E-state index in [2.05, 4.69) is 64.5 Å². The molecule has 0 saturated carbocycles. The predicted octanol–water partition coefficient (Wildman–Crippen LogP) is 4.25. The first-order valence-corrected chi connectivity index (χ1v) is 13.2. The third kappa shape index (κ3) is 5.73. The van der Waals surface area contributed by atoms with E-state index in [9.17, 15) is 9.59 Å². The van der Waals surface area contributed by atoms with Crippen LogP contribution in [0.25, 0.3) is 0 Å². The molecule has 5 nitrogen and oxygen atoms in total. The Morgan fingerprint density at radius 3 is 2.37 bits per heavy atom. The maximum atomic E-state index is 12.8. The lowest BCUT2D eigenvalue weighted by Crippen LogP contribution is -2.38. The molecule has 0 N–H and O–H groups in total. The topological polar surface area (TPSA) is 49.9 Å².